The Hall–Kier alpha value is -2.50. The van der Waals surface area contributed by atoms with Crippen molar-refractivity contribution in [1.82, 2.24) is 10.3 Å². The third-order valence-electron chi connectivity index (χ3n) is 2.94. The van der Waals surface area contributed by atoms with Crippen LogP contribution in [0.5, 0.6) is 5.75 Å². The molecular formula is C15H19N3O3. The molecule has 0 aliphatic rings. The van der Waals surface area contributed by atoms with Crippen LogP contribution < -0.4 is 15.8 Å². The molecule has 0 fully saturated rings. The number of carbonyl (C=O) groups excluding carboxylic acids is 1. The SMILES string of the molecule is CCOc1cccc(N)c1C(=O)NC(C)c1ncc(C)o1. The highest BCUT2D eigenvalue weighted by Gasteiger charge is 2.20. The molecule has 3 N–H and O–H groups in total. The van der Waals surface area contributed by atoms with Crippen molar-refractivity contribution in [2.45, 2.75) is 26.8 Å². The molecule has 2 rings (SSSR count). The van der Waals surface area contributed by atoms with E-state index >= 15 is 0 Å². The minimum Gasteiger partial charge on any atom is -0.493 e. The number of ether oxygens (including phenoxy) is 1. The molecule has 0 saturated heterocycles. The van der Waals surface area contributed by atoms with Crippen molar-refractivity contribution >= 4 is 11.6 Å². The third kappa shape index (κ3) is 3.34. The van der Waals surface area contributed by atoms with Crippen LogP contribution in [0.2, 0.25) is 0 Å². The number of anilines is 1. The summed E-state index contributed by atoms with van der Waals surface area (Å²) in [6.07, 6.45) is 1.61. The number of nitrogens with one attached hydrogen (secondary N) is 1. The van der Waals surface area contributed by atoms with Gasteiger partial charge in [-0.15, -0.1) is 0 Å². The van der Waals surface area contributed by atoms with E-state index in [9.17, 15) is 4.79 Å². The average Bonchev–Trinajstić information content (AvgIpc) is 2.86. The lowest BCUT2D eigenvalue weighted by atomic mass is 10.1. The van der Waals surface area contributed by atoms with E-state index in [1.165, 1.54) is 0 Å². The van der Waals surface area contributed by atoms with Gasteiger partial charge >= 0.3 is 0 Å². The number of benzene rings is 1. The standard InChI is InChI=1S/C15H19N3O3/c1-4-20-12-7-5-6-11(16)13(12)14(19)18-10(3)15-17-8-9(2)21-15/h5-8,10H,4,16H2,1-3H3,(H,18,19). The molecule has 1 amide bonds. The zero-order valence-corrected chi connectivity index (χ0v) is 12.3. The first-order valence-electron chi connectivity index (χ1n) is 6.77. The van der Waals surface area contributed by atoms with E-state index in [4.69, 9.17) is 14.9 Å². The predicted molar refractivity (Wildman–Crippen MR) is 79.1 cm³/mol. The molecule has 0 bridgehead atoms. The topological polar surface area (TPSA) is 90.4 Å². The molecule has 21 heavy (non-hydrogen) atoms. The van der Waals surface area contributed by atoms with Crippen LogP contribution in [-0.4, -0.2) is 17.5 Å². The molecule has 1 atom stereocenters. The van der Waals surface area contributed by atoms with Gasteiger partial charge in [0.2, 0.25) is 5.89 Å². The Balaban J connectivity index is 2.20. The van der Waals surface area contributed by atoms with Gasteiger partial charge in [-0.25, -0.2) is 4.98 Å². The number of carbonyl (C=O) groups is 1. The highest BCUT2D eigenvalue weighted by atomic mass is 16.5. The number of nitrogen functional groups attached to an aromatic ring is 1. The zero-order chi connectivity index (χ0) is 15.4. The van der Waals surface area contributed by atoms with Crippen LogP contribution in [-0.2, 0) is 0 Å². The molecule has 0 aliphatic heterocycles. The van der Waals surface area contributed by atoms with Gasteiger partial charge in [0.05, 0.1) is 12.8 Å². The fraction of sp³-hybridized carbons (Fsp3) is 0.333. The normalized spacial score (nSPS) is 12.0. The molecule has 0 aliphatic carbocycles. The number of hydrogen-bond donors (Lipinski definition) is 2. The van der Waals surface area contributed by atoms with Crippen LogP contribution in [0.1, 0.15) is 41.9 Å². The van der Waals surface area contributed by atoms with E-state index in [0.29, 0.717) is 35.3 Å². The van der Waals surface area contributed by atoms with Gasteiger partial charge in [0, 0.05) is 5.69 Å². The summed E-state index contributed by atoms with van der Waals surface area (Å²) in [5.41, 5.74) is 6.59. The summed E-state index contributed by atoms with van der Waals surface area (Å²) >= 11 is 0. The monoisotopic (exact) mass is 289 g/mol. The number of nitrogens with zero attached hydrogens (tertiary/aromatic N) is 1. The maximum absolute atomic E-state index is 12.4. The molecule has 1 aromatic carbocycles. The summed E-state index contributed by atoms with van der Waals surface area (Å²) in [6.45, 7) is 5.90. The molecule has 112 valence electrons. The van der Waals surface area contributed by atoms with E-state index in [1.54, 1.807) is 38.2 Å². The number of amides is 1. The quantitative estimate of drug-likeness (QED) is 0.825. The second-order valence-electron chi connectivity index (χ2n) is 4.66. The maximum Gasteiger partial charge on any atom is 0.257 e. The first-order chi connectivity index (χ1) is 10.0. The maximum atomic E-state index is 12.4. The molecule has 0 radical (unpaired) electrons. The minimum atomic E-state index is -0.361. The van der Waals surface area contributed by atoms with Crippen LogP contribution in [0.4, 0.5) is 5.69 Å². The van der Waals surface area contributed by atoms with Gasteiger partial charge in [0.15, 0.2) is 0 Å². The van der Waals surface area contributed by atoms with E-state index in [2.05, 4.69) is 10.3 Å². The van der Waals surface area contributed by atoms with Crippen molar-refractivity contribution in [2.24, 2.45) is 0 Å². The molecule has 1 heterocycles. The Kier molecular flexibility index (Phi) is 4.47. The second kappa shape index (κ2) is 6.30. The van der Waals surface area contributed by atoms with Crippen LogP contribution in [0.15, 0.2) is 28.8 Å². The van der Waals surface area contributed by atoms with Gasteiger partial charge in [0.25, 0.3) is 5.91 Å². The van der Waals surface area contributed by atoms with Crippen molar-refractivity contribution in [3.8, 4) is 5.75 Å². The van der Waals surface area contributed by atoms with Crippen LogP contribution in [0, 0.1) is 6.92 Å². The number of aryl methyl sites for hydroxylation is 1. The summed E-state index contributed by atoms with van der Waals surface area (Å²) in [6, 6.07) is 4.77. The smallest absolute Gasteiger partial charge is 0.257 e. The average molecular weight is 289 g/mol. The third-order valence-corrected chi connectivity index (χ3v) is 2.94. The lowest BCUT2D eigenvalue weighted by Crippen LogP contribution is -2.28. The van der Waals surface area contributed by atoms with Crippen molar-refractivity contribution in [1.29, 1.82) is 0 Å². The second-order valence-corrected chi connectivity index (χ2v) is 4.66. The number of hydrogen-bond acceptors (Lipinski definition) is 5. The molecule has 6 heteroatoms. The molecule has 1 aromatic heterocycles. The molecule has 1 unspecified atom stereocenters. The Morgan fingerprint density at radius 3 is 2.90 bits per heavy atom. The summed E-state index contributed by atoms with van der Waals surface area (Å²) < 4.78 is 10.9. The van der Waals surface area contributed by atoms with Crippen LogP contribution in [0.3, 0.4) is 0 Å². The van der Waals surface area contributed by atoms with Crippen LogP contribution in [0.25, 0.3) is 0 Å². The summed E-state index contributed by atoms with van der Waals surface area (Å²) in [5.74, 6) is 1.29. The van der Waals surface area contributed by atoms with Crippen molar-refractivity contribution in [3.63, 3.8) is 0 Å². The molecule has 6 nitrogen and oxygen atoms in total. The molecule has 0 spiro atoms. The highest BCUT2D eigenvalue weighted by Crippen LogP contribution is 2.25. The fourth-order valence-corrected chi connectivity index (χ4v) is 1.97. The van der Waals surface area contributed by atoms with Crippen molar-refractivity contribution in [2.75, 3.05) is 12.3 Å². The number of rotatable bonds is 5. The first-order valence-corrected chi connectivity index (χ1v) is 6.77. The van der Waals surface area contributed by atoms with Gasteiger partial charge in [-0.3, -0.25) is 4.79 Å². The van der Waals surface area contributed by atoms with E-state index < -0.39 is 0 Å². The highest BCUT2D eigenvalue weighted by molar-refractivity contribution is 6.02. The Morgan fingerprint density at radius 1 is 1.52 bits per heavy atom. The number of nitrogens with two attached hydrogens (primary N) is 1. The lowest BCUT2D eigenvalue weighted by molar-refractivity contribution is 0.0931. The van der Waals surface area contributed by atoms with E-state index in [-0.39, 0.29) is 11.9 Å². The summed E-state index contributed by atoms with van der Waals surface area (Å²) in [5, 5.41) is 2.81. The zero-order valence-electron chi connectivity index (χ0n) is 12.3. The van der Waals surface area contributed by atoms with Crippen molar-refractivity contribution < 1.29 is 13.9 Å². The van der Waals surface area contributed by atoms with Gasteiger partial charge in [-0.2, -0.15) is 0 Å². The van der Waals surface area contributed by atoms with E-state index in [1.807, 2.05) is 6.92 Å². The molecule has 0 saturated carbocycles. The Labute approximate surface area is 123 Å². The fourth-order valence-electron chi connectivity index (χ4n) is 1.97. The predicted octanol–water partition coefficient (Wildman–Crippen LogP) is 2.45. The molecular weight excluding hydrogens is 270 g/mol. The Morgan fingerprint density at radius 2 is 2.29 bits per heavy atom. The summed E-state index contributed by atoms with van der Waals surface area (Å²) in [7, 11) is 0. The minimum absolute atomic E-state index is 0.320. The van der Waals surface area contributed by atoms with Gasteiger partial charge in [0.1, 0.15) is 23.1 Å². The van der Waals surface area contributed by atoms with E-state index in [0.717, 1.165) is 0 Å². The number of aromatic nitrogens is 1. The number of oxazole rings is 1. The van der Waals surface area contributed by atoms with Gasteiger partial charge in [-0.05, 0) is 32.9 Å². The molecule has 2 aromatic rings. The summed E-state index contributed by atoms with van der Waals surface area (Å²) in [4.78, 5) is 16.5. The Bertz CT molecular complexity index is 637. The van der Waals surface area contributed by atoms with Crippen LogP contribution >= 0.6 is 0 Å². The van der Waals surface area contributed by atoms with Gasteiger partial charge in [-0.1, -0.05) is 6.07 Å². The lowest BCUT2D eigenvalue weighted by Gasteiger charge is -2.15. The van der Waals surface area contributed by atoms with Gasteiger partial charge < -0.3 is 20.2 Å². The van der Waals surface area contributed by atoms with Crippen molar-refractivity contribution in [3.05, 3.63) is 41.6 Å². The largest absolute Gasteiger partial charge is 0.493 e. The first kappa shape index (κ1) is 14.9.